The Morgan fingerprint density at radius 2 is 2.00 bits per heavy atom. The fourth-order valence-corrected chi connectivity index (χ4v) is 4.81. The number of aromatic nitrogens is 3. The molecule has 0 bridgehead atoms. The summed E-state index contributed by atoms with van der Waals surface area (Å²) in [5, 5.41) is 7.88. The van der Waals surface area contributed by atoms with Crippen molar-refractivity contribution in [1.29, 1.82) is 0 Å². The molecule has 0 aliphatic carbocycles. The monoisotopic (exact) mass is 470 g/mol. The van der Waals surface area contributed by atoms with Crippen molar-refractivity contribution in [3.63, 3.8) is 0 Å². The first-order chi connectivity index (χ1) is 15.9. The molecule has 4 rings (SSSR count). The van der Waals surface area contributed by atoms with Gasteiger partial charge < -0.3 is 9.80 Å². The molecule has 2 aliphatic heterocycles. The summed E-state index contributed by atoms with van der Waals surface area (Å²) in [5.41, 5.74) is 0.876. The van der Waals surface area contributed by atoms with E-state index in [1.54, 1.807) is 23.1 Å². The summed E-state index contributed by atoms with van der Waals surface area (Å²) in [6.07, 6.45) is 5.62. The first kappa shape index (κ1) is 23.4. The van der Waals surface area contributed by atoms with Crippen LogP contribution in [-0.4, -0.2) is 80.6 Å². The third kappa shape index (κ3) is 5.81. The molecule has 1 unspecified atom stereocenters. The van der Waals surface area contributed by atoms with Crippen molar-refractivity contribution in [2.45, 2.75) is 45.2 Å². The van der Waals surface area contributed by atoms with Crippen molar-refractivity contribution < 1.29 is 9.59 Å². The van der Waals surface area contributed by atoms with Crippen LogP contribution in [0.1, 0.15) is 49.3 Å². The number of carbonyl (C=O) groups is 2. The second-order valence-electron chi connectivity index (χ2n) is 8.77. The molecule has 2 aromatic rings. The Morgan fingerprint density at radius 3 is 2.70 bits per heavy atom. The highest BCUT2D eigenvalue weighted by molar-refractivity contribution is 6.30. The van der Waals surface area contributed by atoms with Gasteiger partial charge in [-0.15, -0.1) is 0 Å². The van der Waals surface area contributed by atoms with Crippen LogP contribution in [0.15, 0.2) is 30.3 Å². The third-order valence-electron chi connectivity index (χ3n) is 6.59. The number of benzene rings is 1. The molecule has 0 radical (unpaired) electrons. The number of nitrogens with zero attached hydrogens (tertiary/aromatic N) is 5. The van der Waals surface area contributed by atoms with Gasteiger partial charge in [0.05, 0.1) is 6.17 Å². The van der Waals surface area contributed by atoms with Gasteiger partial charge in [0.15, 0.2) is 5.82 Å². The highest BCUT2D eigenvalue weighted by Gasteiger charge is 2.32. The normalized spacial score (nSPS) is 19.8. The maximum atomic E-state index is 12.9. The van der Waals surface area contributed by atoms with Gasteiger partial charge in [0.2, 0.25) is 11.8 Å². The molecule has 3 heterocycles. The van der Waals surface area contributed by atoms with Gasteiger partial charge in [0.1, 0.15) is 5.82 Å². The van der Waals surface area contributed by atoms with E-state index in [1.165, 1.54) is 0 Å². The zero-order valence-corrected chi connectivity index (χ0v) is 20.0. The summed E-state index contributed by atoms with van der Waals surface area (Å²) in [5.74, 6) is 2.11. The fourth-order valence-electron chi connectivity index (χ4n) is 4.61. The molecule has 8 nitrogen and oxygen atoms in total. The molecule has 2 amide bonds. The Labute approximate surface area is 199 Å². The van der Waals surface area contributed by atoms with Gasteiger partial charge in [-0.1, -0.05) is 23.7 Å². The van der Waals surface area contributed by atoms with E-state index in [0.29, 0.717) is 37.0 Å². The Hall–Kier alpha value is -2.71. The summed E-state index contributed by atoms with van der Waals surface area (Å²) in [7, 11) is 0. The van der Waals surface area contributed by atoms with Crippen LogP contribution in [0.3, 0.4) is 0 Å². The summed E-state index contributed by atoms with van der Waals surface area (Å²) in [6.45, 7) is 7.31. The van der Waals surface area contributed by atoms with Gasteiger partial charge in [0.25, 0.3) is 0 Å². The van der Waals surface area contributed by atoms with Crippen LogP contribution in [-0.2, 0) is 9.59 Å². The van der Waals surface area contributed by atoms with Crippen molar-refractivity contribution in [3.8, 4) is 0 Å². The zero-order chi connectivity index (χ0) is 23.4. The number of halogens is 1. The standard InChI is InChI=1S/C24H31ClN6O2/c1-17-26-24(28-27-17)20-8-11-29(12-9-20)18(2)31-15-14-30(13-10-23(31)33)22(32)7-6-19-4-3-5-21(25)16-19/h3-7,16,18,20H,8-15H2,1-2H3,(H,26,27,28)/b7-6+. The maximum Gasteiger partial charge on any atom is 0.246 e. The number of aromatic amines is 1. The van der Waals surface area contributed by atoms with E-state index in [9.17, 15) is 9.59 Å². The lowest BCUT2D eigenvalue weighted by atomic mass is 9.96. The summed E-state index contributed by atoms with van der Waals surface area (Å²) >= 11 is 6.01. The minimum atomic E-state index is -0.0834. The van der Waals surface area contributed by atoms with E-state index in [0.717, 1.165) is 43.1 Å². The number of nitrogens with one attached hydrogen (secondary N) is 1. The molecule has 1 N–H and O–H groups in total. The number of piperidine rings is 1. The zero-order valence-electron chi connectivity index (χ0n) is 19.2. The van der Waals surface area contributed by atoms with Crippen LogP contribution in [0.4, 0.5) is 0 Å². The number of hydrogen-bond donors (Lipinski definition) is 1. The molecule has 2 saturated heterocycles. The van der Waals surface area contributed by atoms with Crippen LogP contribution in [0.5, 0.6) is 0 Å². The van der Waals surface area contributed by atoms with Gasteiger partial charge >= 0.3 is 0 Å². The average molecular weight is 471 g/mol. The van der Waals surface area contributed by atoms with E-state index < -0.39 is 0 Å². The van der Waals surface area contributed by atoms with Crippen molar-refractivity contribution in [3.05, 3.63) is 52.6 Å². The van der Waals surface area contributed by atoms with Gasteiger partial charge in [-0.25, -0.2) is 4.98 Å². The van der Waals surface area contributed by atoms with Crippen LogP contribution >= 0.6 is 11.6 Å². The number of carbonyl (C=O) groups excluding carboxylic acids is 2. The van der Waals surface area contributed by atoms with E-state index in [1.807, 2.05) is 30.0 Å². The first-order valence-electron chi connectivity index (χ1n) is 11.6. The molecule has 0 spiro atoms. The molecule has 176 valence electrons. The number of rotatable bonds is 5. The average Bonchev–Trinajstić information content (AvgIpc) is 3.15. The molecule has 33 heavy (non-hydrogen) atoms. The molecule has 1 aromatic heterocycles. The summed E-state index contributed by atoms with van der Waals surface area (Å²) in [6, 6.07) is 7.37. The Bertz CT molecular complexity index is 1010. The van der Waals surface area contributed by atoms with Crippen LogP contribution in [0, 0.1) is 6.92 Å². The minimum Gasteiger partial charge on any atom is -0.337 e. The third-order valence-corrected chi connectivity index (χ3v) is 6.83. The largest absolute Gasteiger partial charge is 0.337 e. The molecule has 2 fully saturated rings. The molecular weight excluding hydrogens is 440 g/mol. The molecule has 0 saturated carbocycles. The van der Waals surface area contributed by atoms with Gasteiger partial charge in [-0.05, 0) is 50.5 Å². The SMILES string of the molecule is Cc1nc(C2CCN(C(C)N3CCN(C(=O)/C=C/c4cccc(Cl)c4)CCC3=O)CC2)n[nH]1. The molecule has 9 heteroatoms. The number of aryl methyl sites for hydroxylation is 1. The Morgan fingerprint density at radius 1 is 1.21 bits per heavy atom. The Kier molecular flexibility index (Phi) is 7.45. The molecule has 1 atom stereocenters. The smallest absolute Gasteiger partial charge is 0.246 e. The highest BCUT2D eigenvalue weighted by Crippen LogP contribution is 2.27. The second kappa shape index (κ2) is 10.5. The van der Waals surface area contributed by atoms with Gasteiger partial charge in [0, 0.05) is 56.2 Å². The molecule has 1 aromatic carbocycles. The fraction of sp³-hybridized carbons (Fsp3) is 0.500. The van der Waals surface area contributed by atoms with Gasteiger partial charge in [-0.3, -0.25) is 19.6 Å². The topological polar surface area (TPSA) is 85.4 Å². The van der Waals surface area contributed by atoms with Crippen LogP contribution in [0.2, 0.25) is 5.02 Å². The quantitative estimate of drug-likeness (QED) is 0.679. The maximum absolute atomic E-state index is 12.9. The van der Waals surface area contributed by atoms with E-state index in [-0.39, 0.29) is 18.0 Å². The Balaban J connectivity index is 1.31. The first-order valence-corrected chi connectivity index (χ1v) is 11.9. The van der Waals surface area contributed by atoms with E-state index in [4.69, 9.17) is 11.6 Å². The number of amides is 2. The van der Waals surface area contributed by atoms with Crippen molar-refractivity contribution in [2.75, 3.05) is 32.7 Å². The number of likely N-dealkylation sites (tertiary alicyclic amines) is 1. The lowest BCUT2D eigenvalue weighted by Gasteiger charge is -2.40. The van der Waals surface area contributed by atoms with Crippen LogP contribution in [0.25, 0.3) is 6.08 Å². The minimum absolute atomic E-state index is 0.00406. The molecular formula is C24H31ClN6O2. The van der Waals surface area contributed by atoms with Gasteiger partial charge in [-0.2, -0.15) is 5.10 Å². The summed E-state index contributed by atoms with van der Waals surface area (Å²) in [4.78, 5) is 36.1. The van der Waals surface area contributed by atoms with Crippen molar-refractivity contribution in [2.24, 2.45) is 0 Å². The molecule has 2 aliphatic rings. The number of hydrogen-bond acceptors (Lipinski definition) is 5. The predicted molar refractivity (Wildman–Crippen MR) is 128 cm³/mol. The lowest BCUT2D eigenvalue weighted by molar-refractivity contribution is -0.136. The van der Waals surface area contributed by atoms with Crippen molar-refractivity contribution >= 4 is 29.5 Å². The lowest BCUT2D eigenvalue weighted by Crippen LogP contribution is -2.52. The predicted octanol–water partition coefficient (Wildman–Crippen LogP) is 3.07. The second-order valence-corrected chi connectivity index (χ2v) is 9.21. The van der Waals surface area contributed by atoms with E-state index in [2.05, 4.69) is 27.0 Å². The summed E-state index contributed by atoms with van der Waals surface area (Å²) < 4.78 is 0. The number of H-pyrrole nitrogens is 1. The van der Waals surface area contributed by atoms with Crippen LogP contribution < -0.4 is 0 Å². The van der Waals surface area contributed by atoms with Crippen molar-refractivity contribution in [1.82, 2.24) is 29.9 Å². The van der Waals surface area contributed by atoms with E-state index >= 15 is 0 Å². The highest BCUT2D eigenvalue weighted by atomic mass is 35.5.